The zero-order chi connectivity index (χ0) is 31.0. The van der Waals surface area contributed by atoms with E-state index in [1.54, 1.807) is 52.5 Å². The maximum absolute atomic E-state index is 16.1. The average Bonchev–Trinajstić information content (AvgIpc) is 3.83. The van der Waals surface area contributed by atoms with Crippen LogP contribution in [0, 0.1) is 0 Å². The first kappa shape index (κ1) is 29.7. The van der Waals surface area contributed by atoms with Crippen LogP contribution in [0.3, 0.4) is 0 Å². The van der Waals surface area contributed by atoms with Gasteiger partial charge >= 0.3 is 23.7 Å². The Kier molecular flexibility index (Phi) is 7.10. The molecule has 0 atom stereocenters. The minimum Gasteiger partial charge on any atom is -0.477 e. The van der Waals surface area contributed by atoms with Crippen molar-refractivity contribution in [3.8, 4) is 39.0 Å². The van der Waals surface area contributed by atoms with Gasteiger partial charge in [-0.2, -0.15) is 26.3 Å². The molecule has 1 aliphatic carbocycles. The highest BCUT2D eigenvalue weighted by molar-refractivity contribution is 7.27. The Bertz CT molecular complexity index is 2030. The topological polar surface area (TPSA) is 37.3 Å². The highest BCUT2D eigenvalue weighted by Crippen LogP contribution is 2.67. The molecule has 1 aliphatic rings. The second-order valence-electron chi connectivity index (χ2n) is 9.58. The van der Waals surface area contributed by atoms with Crippen molar-refractivity contribution in [2.75, 3.05) is 0 Å². The van der Waals surface area contributed by atoms with Crippen LogP contribution in [0.1, 0.15) is 20.8 Å². The summed E-state index contributed by atoms with van der Waals surface area (Å²) in [7, 11) is 0. The molecule has 0 fully saturated rings. The molecule has 0 saturated carbocycles. The van der Waals surface area contributed by atoms with E-state index in [0.29, 0.717) is 29.3 Å². The van der Waals surface area contributed by atoms with Crippen LogP contribution >= 0.6 is 68.0 Å². The summed E-state index contributed by atoms with van der Waals surface area (Å²) >= 11 is 6.58. The van der Waals surface area contributed by atoms with Crippen molar-refractivity contribution in [1.29, 1.82) is 0 Å². The van der Waals surface area contributed by atoms with E-state index >= 15 is 26.3 Å². The molecule has 224 valence electrons. The molecule has 0 unspecified atom stereocenters. The van der Waals surface area contributed by atoms with Gasteiger partial charge < -0.3 is 5.11 Å². The lowest BCUT2D eigenvalue weighted by Gasteiger charge is -2.25. The van der Waals surface area contributed by atoms with Crippen LogP contribution in [-0.4, -0.2) is 28.8 Å². The van der Waals surface area contributed by atoms with Gasteiger partial charge in [0.1, 0.15) is 4.88 Å². The van der Waals surface area contributed by atoms with Crippen LogP contribution in [0.4, 0.5) is 26.3 Å². The highest BCUT2D eigenvalue weighted by Gasteiger charge is 2.80. The second-order valence-corrected chi connectivity index (χ2v) is 15.6. The van der Waals surface area contributed by atoms with Crippen LogP contribution in [0.15, 0.2) is 76.8 Å². The molecular weight excluding hydrogens is 699 g/mol. The van der Waals surface area contributed by atoms with Gasteiger partial charge in [0, 0.05) is 51.5 Å². The summed E-state index contributed by atoms with van der Waals surface area (Å²) in [5.74, 6) is -17.4. The predicted molar refractivity (Wildman–Crippen MR) is 171 cm³/mol. The zero-order valence-electron chi connectivity index (χ0n) is 21.6. The van der Waals surface area contributed by atoms with Gasteiger partial charge in [0.25, 0.3) is 0 Å². The van der Waals surface area contributed by atoms with Crippen molar-refractivity contribution >= 4 is 85.1 Å². The van der Waals surface area contributed by atoms with Crippen LogP contribution < -0.4 is 0 Å². The van der Waals surface area contributed by atoms with Gasteiger partial charge in [-0.05, 0) is 58.6 Å². The van der Waals surface area contributed by atoms with Crippen molar-refractivity contribution in [2.45, 2.75) is 17.8 Å². The molecule has 2 nitrogen and oxygen atoms in total. The number of thiophene rings is 6. The fraction of sp³-hybridized carbons (Fsp3) is 0.100. The van der Waals surface area contributed by atoms with Crippen LogP contribution in [0.25, 0.3) is 50.2 Å². The van der Waals surface area contributed by atoms with Crippen molar-refractivity contribution in [2.24, 2.45) is 0 Å². The molecule has 6 aromatic rings. The first-order chi connectivity index (χ1) is 20.9. The number of allylic oxidation sites excluding steroid dienone is 2. The minimum absolute atomic E-state index is 0.0169. The average molecular weight is 713 g/mol. The normalized spacial score (nSPS) is 17.0. The summed E-state index contributed by atoms with van der Waals surface area (Å²) in [5.41, 5.74) is -3.64. The number of aromatic carboxylic acids is 1. The molecule has 0 radical (unpaired) electrons. The quantitative estimate of drug-likeness (QED) is 0.167. The van der Waals surface area contributed by atoms with E-state index < -0.39 is 40.4 Å². The third-order valence-corrected chi connectivity index (χ3v) is 13.7. The van der Waals surface area contributed by atoms with E-state index in [1.165, 1.54) is 46.9 Å². The SMILES string of the molecule is O=C(O)c1ccc(-c2cc(C3=C(c4cc(-c5cccs5)sc4-c4cccs4)C(F)(F)C(F)(F)C3(F)F)c(-c3cccs3)s2)s1. The summed E-state index contributed by atoms with van der Waals surface area (Å²) in [6.45, 7) is 0. The number of rotatable bonds is 7. The number of halogens is 6. The minimum atomic E-state index is -5.73. The predicted octanol–water partition coefficient (Wildman–Crippen LogP) is 12.3. The van der Waals surface area contributed by atoms with Gasteiger partial charge in [-0.15, -0.1) is 68.0 Å². The maximum Gasteiger partial charge on any atom is 0.380 e. The molecule has 0 bridgehead atoms. The Labute approximate surface area is 269 Å². The Morgan fingerprint density at radius 2 is 1.02 bits per heavy atom. The molecule has 1 N–H and O–H groups in total. The first-order valence-corrected chi connectivity index (χ1v) is 17.6. The fourth-order valence-electron chi connectivity index (χ4n) is 5.01. The molecule has 44 heavy (non-hydrogen) atoms. The largest absolute Gasteiger partial charge is 0.477 e. The summed E-state index contributed by atoms with van der Waals surface area (Å²) < 4.78 is 95.0. The van der Waals surface area contributed by atoms with Gasteiger partial charge in [0.15, 0.2) is 0 Å². The maximum atomic E-state index is 16.1. The Hall–Kier alpha value is -3.01. The van der Waals surface area contributed by atoms with E-state index in [4.69, 9.17) is 0 Å². The third kappa shape index (κ3) is 4.41. The van der Waals surface area contributed by atoms with Gasteiger partial charge in [-0.1, -0.05) is 18.2 Å². The summed E-state index contributed by atoms with van der Waals surface area (Å²) in [5, 5.41) is 14.5. The fourth-order valence-corrected chi connectivity index (χ4v) is 10.8. The summed E-state index contributed by atoms with van der Waals surface area (Å²) in [6, 6.07) is 15.4. The number of carboxylic acid groups (broad SMARTS) is 1. The molecule has 0 amide bonds. The highest BCUT2D eigenvalue weighted by atomic mass is 32.1. The molecule has 14 heteroatoms. The van der Waals surface area contributed by atoms with Crippen LogP contribution in [0.2, 0.25) is 0 Å². The smallest absolute Gasteiger partial charge is 0.380 e. The van der Waals surface area contributed by atoms with E-state index in [9.17, 15) is 9.90 Å². The van der Waals surface area contributed by atoms with Crippen molar-refractivity contribution < 1.29 is 36.2 Å². The second kappa shape index (κ2) is 10.5. The Balaban J connectivity index is 1.56. The number of carboxylic acids is 1. The molecule has 0 aliphatic heterocycles. The van der Waals surface area contributed by atoms with Crippen LogP contribution in [-0.2, 0) is 0 Å². The van der Waals surface area contributed by atoms with Crippen molar-refractivity contribution in [1.82, 2.24) is 0 Å². The van der Waals surface area contributed by atoms with Gasteiger partial charge in [0.2, 0.25) is 0 Å². The third-order valence-electron chi connectivity index (χ3n) is 6.98. The van der Waals surface area contributed by atoms with Crippen molar-refractivity contribution in [3.05, 3.63) is 92.8 Å². The van der Waals surface area contributed by atoms with Gasteiger partial charge in [-0.3, -0.25) is 0 Å². The van der Waals surface area contributed by atoms with Crippen molar-refractivity contribution in [3.63, 3.8) is 0 Å². The van der Waals surface area contributed by atoms with E-state index in [0.717, 1.165) is 45.3 Å². The van der Waals surface area contributed by atoms with E-state index in [2.05, 4.69) is 0 Å². The monoisotopic (exact) mass is 712 g/mol. The molecular formula is C30H14F6O2S6. The number of carbonyl (C=O) groups is 1. The molecule has 0 aromatic carbocycles. The lowest BCUT2D eigenvalue weighted by Crippen LogP contribution is -2.48. The molecule has 6 aromatic heterocycles. The molecule has 0 spiro atoms. The molecule has 6 heterocycles. The van der Waals surface area contributed by atoms with Gasteiger partial charge in [-0.25, -0.2) is 4.79 Å². The standard InChI is InChI=1S/C30H14F6O2S6/c31-28(32)23(14-12-21(16-4-1-9-39-16)43-25(14)18-5-2-10-40-18)24(29(33,34)30(28,35)36)15-13-22(17-7-8-20(42-17)27(37)38)44-26(15)19-6-3-11-41-19/h1-13H,(H,37,38). The number of hydrogen-bond donors (Lipinski definition) is 1. The van der Waals surface area contributed by atoms with Gasteiger partial charge in [0.05, 0.1) is 9.75 Å². The number of hydrogen-bond acceptors (Lipinski definition) is 7. The lowest BCUT2D eigenvalue weighted by atomic mass is 9.94. The number of alkyl halides is 6. The summed E-state index contributed by atoms with van der Waals surface area (Å²) in [4.78, 5) is 14.6. The molecule has 7 rings (SSSR count). The zero-order valence-corrected chi connectivity index (χ0v) is 26.5. The lowest BCUT2D eigenvalue weighted by molar-refractivity contribution is -0.254. The first-order valence-electron chi connectivity index (χ1n) is 12.5. The van der Waals surface area contributed by atoms with Crippen LogP contribution in [0.5, 0.6) is 0 Å². The molecule has 0 saturated heterocycles. The Morgan fingerprint density at radius 3 is 1.43 bits per heavy atom. The Morgan fingerprint density at radius 1 is 0.568 bits per heavy atom. The summed E-state index contributed by atoms with van der Waals surface area (Å²) in [6.07, 6.45) is 0. The van der Waals surface area contributed by atoms with E-state index in [-0.39, 0.29) is 20.2 Å². The van der Waals surface area contributed by atoms with E-state index in [1.807, 2.05) is 0 Å².